The van der Waals surface area contributed by atoms with Gasteiger partial charge in [0.15, 0.2) is 23.0 Å². The number of fused-ring (bicyclic) bond motifs is 4. The van der Waals surface area contributed by atoms with Crippen LogP contribution >= 0.6 is 0 Å². The van der Waals surface area contributed by atoms with Gasteiger partial charge in [-0.1, -0.05) is 5.16 Å². The van der Waals surface area contributed by atoms with Gasteiger partial charge in [-0.25, -0.2) is 0 Å². The third kappa shape index (κ3) is 2.91. The van der Waals surface area contributed by atoms with Crippen LogP contribution in [0.2, 0.25) is 0 Å². The minimum Gasteiger partial charge on any atom is -0.493 e. The van der Waals surface area contributed by atoms with Crippen LogP contribution in [0.4, 0.5) is 0 Å². The lowest BCUT2D eigenvalue weighted by Gasteiger charge is -2.36. The molecule has 3 atom stereocenters. The summed E-state index contributed by atoms with van der Waals surface area (Å²) in [5.41, 5.74) is 3.23. The molecule has 0 saturated heterocycles. The van der Waals surface area contributed by atoms with Crippen molar-refractivity contribution >= 4 is 11.7 Å². The molecule has 9 heteroatoms. The Labute approximate surface area is 184 Å². The Bertz CT molecular complexity index is 1090. The predicted molar refractivity (Wildman–Crippen MR) is 112 cm³/mol. The molecule has 0 aromatic heterocycles. The van der Waals surface area contributed by atoms with Gasteiger partial charge >= 0.3 is 5.97 Å². The van der Waals surface area contributed by atoms with Crippen molar-refractivity contribution in [3.05, 3.63) is 41.0 Å². The van der Waals surface area contributed by atoms with Crippen LogP contribution in [0.15, 0.2) is 29.4 Å². The summed E-state index contributed by atoms with van der Waals surface area (Å²) < 4.78 is 33.1. The Kier molecular flexibility index (Phi) is 4.96. The SMILES string of the molecule is COC(=O)[C@@H]1[C@H](c2cc(OC)c(OC)c(OC)c2)c2cc3c(cc2C2=NOC[C@H]21)OCO3. The van der Waals surface area contributed by atoms with Gasteiger partial charge in [0.2, 0.25) is 12.5 Å². The van der Waals surface area contributed by atoms with Crippen LogP contribution in [0, 0.1) is 11.8 Å². The molecule has 0 unspecified atom stereocenters. The number of carbonyl (C=O) groups excluding carboxylic acids is 1. The highest BCUT2D eigenvalue weighted by Crippen LogP contribution is 2.52. The van der Waals surface area contributed by atoms with E-state index in [9.17, 15) is 4.79 Å². The van der Waals surface area contributed by atoms with E-state index in [4.69, 9.17) is 33.3 Å². The minimum atomic E-state index is -0.572. The number of carbonyl (C=O) groups is 1. The first-order chi connectivity index (χ1) is 15.6. The number of nitrogens with zero attached hydrogens (tertiary/aromatic N) is 1. The van der Waals surface area contributed by atoms with E-state index in [1.54, 1.807) is 21.3 Å². The first kappa shape index (κ1) is 20.3. The van der Waals surface area contributed by atoms with Gasteiger partial charge < -0.3 is 33.3 Å². The van der Waals surface area contributed by atoms with Gasteiger partial charge in [0.25, 0.3) is 0 Å². The average Bonchev–Trinajstić information content (AvgIpc) is 3.49. The van der Waals surface area contributed by atoms with Gasteiger partial charge in [0.1, 0.15) is 6.61 Å². The normalized spacial score (nSPS) is 22.2. The third-order valence-corrected chi connectivity index (χ3v) is 6.24. The van der Waals surface area contributed by atoms with Gasteiger partial charge in [-0.05, 0) is 35.4 Å². The lowest BCUT2D eigenvalue weighted by Crippen LogP contribution is -2.40. The number of oxime groups is 1. The molecule has 2 aromatic carbocycles. The second-order valence-corrected chi connectivity index (χ2v) is 7.66. The fourth-order valence-corrected chi connectivity index (χ4v) is 4.82. The van der Waals surface area contributed by atoms with Crippen molar-refractivity contribution in [3.63, 3.8) is 0 Å². The fourth-order valence-electron chi connectivity index (χ4n) is 4.82. The monoisotopic (exact) mass is 441 g/mol. The van der Waals surface area contributed by atoms with Crippen molar-refractivity contribution in [3.8, 4) is 28.7 Å². The Morgan fingerprint density at radius 2 is 1.66 bits per heavy atom. The molecule has 168 valence electrons. The average molecular weight is 441 g/mol. The topological polar surface area (TPSA) is 94.0 Å². The van der Waals surface area contributed by atoms with Gasteiger partial charge in [-0.3, -0.25) is 4.79 Å². The molecule has 0 spiro atoms. The first-order valence-electron chi connectivity index (χ1n) is 10.1. The van der Waals surface area contributed by atoms with Crippen LogP contribution < -0.4 is 23.7 Å². The molecule has 2 aromatic rings. The van der Waals surface area contributed by atoms with Crippen LogP contribution in [-0.2, 0) is 14.4 Å². The Hall–Kier alpha value is -3.62. The molecule has 0 fully saturated rings. The Morgan fingerprint density at radius 3 is 2.28 bits per heavy atom. The highest BCUT2D eigenvalue weighted by atomic mass is 16.7. The highest BCUT2D eigenvalue weighted by molar-refractivity contribution is 6.08. The molecular formula is C23H23NO8. The summed E-state index contributed by atoms with van der Waals surface area (Å²) in [6, 6.07) is 7.51. The molecule has 9 nitrogen and oxygen atoms in total. The molecule has 2 aliphatic heterocycles. The summed E-state index contributed by atoms with van der Waals surface area (Å²) in [7, 11) is 6.05. The van der Waals surface area contributed by atoms with E-state index in [1.807, 2.05) is 24.3 Å². The summed E-state index contributed by atoms with van der Waals surface area (Å²) in [5.74, 6) is 1.12. The van der Waals surface area contributed by atoms with E-state index >= 15 is 0 Å². The fraction of sp³-hybridized carbons (Fsp3) is 0.391. The summed E-state index contributed by atoms with van der Waals surface area (Å²) in [6.45, 7) is 0.420. The van der Waals surface area contributed by atoms with Crippen molar-refractivity contribution in [1.82, 2.24) is 0 Å². The molecule has 2 heterocycles. The summed E-state index contributed by atoms with van der Waals surface area (Å²) in [6.07, 6.45) is 0. The summed E-state index contributed by atoms with van der Waals surface area (Å²) in [5, 5.41) is 4.26. The van der Waals surface area contributed by atoms with Gasteiger partial charge in [0.05, 0.1) is 46.0 Å². The third-order valence-electron chi connectivity index (χ3n) is 6.24. The van der Waals surface area contributed by atoms with Crippen LogP contribution in [0.1, 0.15) is 22.6 Å². The number of benzene rings is 2. The molecule has 0 amide bonds. The largest absolute Gasteiger partial charge is 0.493 e. The zero-order chi connectivity index (χ0) is 22.4. The molecular weight excluding hydrogens is 418 g/mol. The maximum Gasteiger partial charge on any atom is 0.310 e. The molecule has 0 radical (unpaired) electrons. The first-order valence-corrected chi connectivity index (χ1v) is 10.1. The van der Waals surface area contributed by atoms with Crippen LogP contribution in [0.3, 0.4) is 0 Å². The molecule has 5 rings (SSSR count). The molecule has 0 bridgehead atoms. The molecule has 32 heavy (non-hydrogen) atoms. The van der Waals surface area contributed by atoms with E-state index in [0.29, 0.717) is 34.5 Å². The Morgan fingerprint density at radius 1 is 0.969 bits per heavy atom. The van der Waals surface area contributed by atoms with E-state index < -0.39 is 11.8 Å². The van der Waals surface area contributed by atoms with Crippen molar-refractivity contribution < 1.29 is 38.1 Å². The zero-order valence-corrected chi connectivity index (χ0v) is 18.2. The Balaban J connectivity index is 1.77. The number of rotatable bonds is 5. The highest BCUT2D eigenvalue weighted by Gasteiger charge is 2.49. The van der Waals surface area contributed by atoms with Crippen molar-refractivity contribution in [2.24, 2.45) is 17.0 Å². The maximum atomic E-state index is 13.1. The van der Waals surface area contributed by atoms with Crippen LogP contribution in [0.5, 0.6) is 28.7 Å². The van der Waals surface area contributed by atoms with E-state index in [2.05, 4.69) is 5.16 Å². The number of methoxy groups -OCH3 is 4. The van der Waals surface area contributed by atoms with E-state index in [1.165, 1.54) is 7.11 Å². The van der Waals surface area contributed by atoms with Crippen molar-refractivity contribution in [2.45, 2.75) is 5.92 Å². The lowest BCUT2D eigenvalue weighted by atomic mass is 9.65. The maximum absolute atomic E-state index is 13.1. The summed E-state index contributed by atoms with van der Waals surface area (Å²) in [4.78, 5) is 18.5. The second-order valence-electron chi connectivity index (χ2n) is 7.66. The van der Waals surface area contributed by atoms with Gasteiger partial charge in [-0.2, -0.15) is 0 Å². The summed E-state index contributed by atoms with van der Waals surface area (Å²) >= 11 is 0. The molecule has 3 aliphatic rings. The van der Waals surface area contributed by atoms with Gasteiger partial charge in [0, 0.05) is 11.5 Å². The number of esters is 1. The molecule has 0 saturated carbocycles. The predicted octanol–water partition coefficient (Wildman–Crippen LogP) is 2.73. The number of hydrogen-bond donors (Lipinski definition) is 0. The van der Waals surface area contributed by atoms with Gasteiger partial charge in [-0.15, -0.1) is 0 Å². The zero-order valence-electron chi connectivity index (χ0n) is 18.2. The molecule has 1 aliphatic carbocycles. The van der Waals surface area contributed by atoms with Crippen LogP contribution in [0.25, 0.3) is 0 Å². The van der Waals surface area contributed by atoms with Crippen molar-refractivity contribution in [1.29, 1.82) is 0 Å². The van der Waals surface area contributed by atoms with Crippen LogP contribution in [-0.4, -0.2) is 53.5 Å². The van der Waals surface area contributed by atoms with Crippen molar-refractivity contribution in [2.75, 3.05) is 41.8 Å². The smallest absolute Gasteiger partial charge is 0.310 e. The van der Waals surface area contributed by atoms with E-state index in [0.717, 1.165) is 16.7 Å². The standard InChI is InChI=1S/C23H23NO8/c1-26-17-5-11(6-18(27-2)22(17)28-3)19-12-7-15-16(31-10-30-15)8-13(12)21-14(9-32-24-21)20(19)23(25)29-4/h5-8,14,19-20H,9-10H2,1-4H3/t14-,19+,20-/m0/s1. The lowest BCUT2D eigenvalue weighted by molar-refractivity contribution is -0.147. The molecule has 0 N–H and O–H groups in total. The second kappa shape index (κ2) is 7.81. The van der Waals surface area contributed by atoms with E-state index in [-0.39, 0.29) is 25.3 Å². The minimum absolute atomic E-state index is 0.139. The quantitative estimate of drug-likeness (QED) is 0.654. The number of ether oxygens (including phenoxy) is 6. The number of hydrogen-bond acceptors (Lipinski definition) is 9.